The van der Waals surface area contributed by atoms with Gasteiger partial charge in [-0.25, -0.2) is 0 Å². The molecule has 4 heteroatoms. The van der Waals surface area contributed by atoms with Gasteiger partial charge in [0.2, 0.25) is 0 Å². The number of unbranched alkanes of at least 4 members (excludes halogenated alkanes) is 8. The molecule has 4 nitrogen and oxygen atoms in total. The van der Waals surface area contributed by atoms with Gasteiger partial charge in [0.1, 0.15) is 0 Å². The Morgan fingerprint density at radius 3 is 1.67 bits per heavy atom. The Kier molecular flexibility index (Phi) is 20.7. The second kappa shape index (κ2) is 21.4. The Balaban J connectivity index is 4.53. The topological polar surface area (TPSA) is 36.9 Å². The third-order valence-electron chi connectivity index (χ3n) is 4.38. The summed E-state index contributed by atoms with van der Waals surface area (Å²) < 4.78 is 23.4. The number of hydrogen-bond donors (Lipinski definition) is 0. The lowest BCUT2D eigenvalue weighted by Gasteiger charge is -2.17. The molecule has 0 rings (SSSR count). The monoisotopic (exact) mass is 386 g/mol. The molecule has 0 aromatic heterocycles. The lowest BCUT2D eigenvalue weighted by molar-refractivity contribution is -0.0845. The van der Waals surface area contributed by atoms with Gasteiger partial charge in [0, 0.05) is 6.42 Å². The zero-order chi connectivity index (χ0) is 20.0. The van der Waals surface area contributed by atoms with Gasteiger partial charge >= 0.3 is 5.95 Å². The molecular formula is C23H46O4. The van der Waals surface area contributed by atoms with Crippen molar-refractivity contribution in [3.63, 3.8) is 0 Å². The van der Waals surface area contributed by atoms with Crippen LogP contribution in [-0.4, -0.2) is 26.6 Å². The summed E-state index contributed by atoms with van der Waals surface area (Å²) in [6.07, 6.45) is 14.8. The van der Waals surface area contributed by atoms with E-state index in [1.54, 1.807) is 0 Å². The summed E-state index contributed by atoms with van der Waals surface area (Å²) >= 11 is 0. The minimum absolute atomic E-state index is 0.237. The van der Waals surface area contributed by atoms with E-state index in [-0.39, 0.29) is 6.79 Å². The van der Waals surface area contributed by atoms with Gasteiger partial charge in [0.15, 0.2) is 12.6 Å². The van der Waals surface area contributed by atoms with E-state index < -0.39 is 0 Å². The second-order valence-electron chi connectivity index (χ2n) is 7.16. The highest BCUT2D eigenvalue weighted by atomic mass is 16.7. The predicted molar refractivity (Wildman–Crippen MR) is 114 cm³/mol. The number of rotatable bonds is 21. The minimum Gasteiger partial charge on any atom is -0.491 e. The molecule has 0 atom stereocenters. The number of hydrogen-bond acceptors (Lipinski definition) is 4. The molecule has 0 aliphatic heterocycles. The SMILES string of the molecule is CCCCCCOC(CCC)=C(OCCCCCC)OCOCCCCC. The van der Waals surface area contributed by atoms with E-state index >= 15 is 0 Å². The zero-order valence-corrected chi connectivity index (χ0v) is 18.7. The van der Waals surface area contributed by atoms with Crippen LogP contribution in [-0.2, 0) is 18.9 Å². The summed E-state index contributed by atoms with van der Waals surface area (Å²) in [6, 6.07) is 0. The lowest BCUT2D eigenvalue weighted by Crippen LogP contribution is -2.10. The molecule has 0 aliphatic rings. The van der Waals surface area contributed by atoms with Crippen LogP contribution in [0.25, 0.3) is 0 Å². The van der Waals surface area contributed by atoms with Crippen molar-refractivity contribution in [1.82, 2.24) is 0 Å². The van der Waals surface area contributed by atoms with Crippen LogP contribution in [0.3, 0.4) is 0 Å². The predicted octanol–water partition coefficient (Wildman–Crippen LogP) is 7.33. The van der Waals surface area contributed by atoms with Gasteiger partial charge < -0.3 is 18.9 Å². The average molecular weight is 387 g/mol. The van der Waals surface area contributed by atoms with Crippen molar-refractivity contribution in [1.29, 1.82) is 0 Å². The van der Waals surface area contributed by atoms with Crippen molar-refractivity contribution >= 4 is 0 Å². The highest BCUT2D eigenvalue weighted by Gasteiger charge is 2.12. The van der Waals surface area contributed by atoms with Gasteiger partial charge in [-0.2, -0.15) is 0 Å². The Labute approximate surface area is 169 Å². The van der Waals surface area contributed by atoms with Crippen molar-refractivity contribution in [2.24, 2.45) is 0 Å². The van der Waals surface area contributed by atoms with E-state index in [2.05, 4.69) is 27.7 Å². The normalized spacial score (nSPS) is 12.0. The fourth-order valence-electron chi connectivity index (χ4n) is 2.69. The quantitative estimate of drug-likeness (QED) is 0.117. The van der Waals surface area contributed by atoms with E-state index in [4.69, 9.17) is 18.9 Å². The maximum Gasteiger partial charge on any atom is 0.321 e. The first kappa shape index (κ1) is 26.1. The molecule has 0 spiro atoms. The molecule has 0 unspecified atom stereocenters. The van der Waals surface area contributed by atoms with Gasteiger partial charge in [0.25, 0.3) is 0 Å². The molecule has 0 radical (unpaired) electrons. The van der Waals surface area contributed by atoms with Gasteiger partial charge in [-0.05, 0) is 25.7 Å². The molecule has 0 aromatic rings. The van der Waals surface area contributed by atoms with Gasteiger partial charge in [-0.15, -0.1) is 0 Å². The molecular weight excluding hydrogens is 340 g/mol. The van der Waals surface area contributed by atoms with Crippen LogP contribution >= 0.6 is 0 Å². The summed E-state index contributed by atoms with van der Waals surface area (Å²) in [5.41, 5.74) is 0. The van der Waals surface area contributed by atoms with E-state index in [1.807, 2.05) is 0 Å². The van der Waals surface area contributed by atoms with E-state index in [0.717, 1.165) is 51.1 Å². The number of allylic oxidation sites excluding steroid dienone is 1. The maximum atomic E-state index is 6.04. The van der Waals surface area contributed by atoms with E-state index in [9.17, 15) is 0 Å². The zero-order valence-electron chi connectivity index (χ0n) is 18.7. The molecule has 0 aliphatic carbocycles. The minimum atomic E-state index is 0.237. The van der Waals surface area contributed by atoms with Gasteiger partial charge in [0.05, 0.1) is 19.8 Å². The maximum absolute atomic E-state index is 6.04. The van der Waals surface area contributed by atoms with E-state index in [1.165, 1.54) is 51.4 Å². The molecule has 0 heterocycles. The molecule has 0 saturated heterocycles. The first-order chi connectivity index (χ1) is 13.3. The molecule has 0 amide bonds. The molecule has 0 N–H and O–H groups in total. The third kappa shape index (κ3) is 17.0. The second-order valence-corrected chi connectivity index (χ2v) is 7.16. The molecule has 0 saturated carbocycles. The summed E-state index contributed by atoms with van der Waals surface area (Å²) in [5, 5.41) is 0. The summed E-state index contributed by atoms with van der Waals surface area (Å²) in [5.74, 6) is 1.39. The van der Waals surface area contributed by atoms with Crippen LogP contribution in [0.2, 0.25) is 0 Å². The highest BCUT2D eigenvalue weighted by Crippen LogP contribution is 2.18. The summed E-state index contributed by atoms with van der Waals surface area (Å²) in [6.45, 7) is 11.2. The molecule has 27 heavy (non-hydrogen) atoms. The fourth-order valence-corrected chi connectivity index (χ4v) is 2.69. The van der Waals surface area contributed by atoms with Crippen molar-refractivity contribution in [3.8, 4) is 0 Å². The van der Waals surface area contributed by atoms with Crippen molar-refractivity contribution in [2.45, 2.75) is 111 Å². The van der Waals surface area contributed by atoms with Crippen molar-refractivity contribution in [3.05, 3.63) is 11.7 Å². The first-order valence-electron chi connectivity index (χ1n) is 11.5. The van der Waals surface area contributed by atoms with Crippen molar-refractivity contribution < 1.29 is 18.9 Å². The first-order valence-corrected chi connectivity index (χ1v) is 11.5. The van der Waals surface area contributed by atoms with Crippen LogP contribution < -0.4 is 0 Å². The lowest BCUT2D eigenvalue weighted by atomic mass is 10.2. The van der Waals surface area contributed by atoms with Crippen LogP contribution in [0.5, 0.6) is 0 Å². The smallest absolute Gasteiger partial charge is 0.321 e. The van der Waals surface area contributed by atoms with Crippen LogP contribution in [0, 0.1) is 0 Å². The Bertz CT molecular complexity index is 328. The van der Waals surface area contributed by atoms with Crippen LogP contribution in [0.4, 0.5) is 0 Å². The average Bonchev–Trinajstić information content (AvgIpc) is 2.68. The van der Waals surface area contributed by atoms with Gasteiger partial charge in [-0.1, -0.05) is 79.1 Å². The molecule has 162 valence electrons. The van der Waals surface area contributed by atoms with Crippen LogP contribution in [0.15, 0.2) is 11.7 Å². The summed E-state index contributed by atoms with van der Waals surface area (Å²) in [7, 11) is 0. The van der Waals surface area contributed by atoms with Crippen LogP contribution in [0.1, 0.15) is 111 Å². The van der Waals surface area contributed by atoms with Gasteiger partial charge in [-0.3, -0.25) is 0 Å². The standard InChI is InChI=1S/C23H46O4/c1-5-9-12-15-19-25-22(17-8-4)23(26-20-16-13-10-6-2)27-21-24-18-14-11-7-3/h5-21H2,1-4H3. The molecule has 0 fully saturated rings. The Hall–Kier alpha value is -0.900. The van der Waals surface area contributed by atoms with E-state index in [0.29, 0.717) is 12.6 Å². The highest BCUT2D eigenvalue weighted by molar-refractivity contribution is 4.95. The Morgan fingerprint density at radius 2 is 1.07 bits per heavy atom. The largest absolute Gasteiger partial charge is 0.491 e. The van der Waals surface area contributed by atoms with Crippen molar-refractivity contribution in [2.75, 3.05) is 26.6 Å². The fraction of sp³-hybridized carbons (Fsp3) is 0.913. The Morgan fingerprint density at radius 1 is 0.519 bits per heavy atom. The summed E-state index contributed by atoms with van der Waals surface area (Å²) in [4.78, 5) is 0. The molecule has 0 bridgehead atoms. The molecule has 0 aromatic carbocycles. The third-order valence-corrected chi connectivity index (χ3v) is 4.38. The number of ether oxygens (including phenoxy) is 4.